The number of aryl methyl sites for hydroxylation is 2. The molecule has 0 amide bonds. The van der Waals surface area contributed by atoms with Gasteiger partial charge < -0.3 is 10.1 Å². The largest absolute Gasteiger partial charge is 0.457 e. The predicted molar refractivity (Wildman–Crippen MR) is 89.4 cm³/mol. The molecule has 2 rings (SSSR count). The zero-order valence-corrected chi connectivity index (χ0v) is 13.6. The van der Waals surface area contributed by atoms with Crippen LogP contribution in [0.1, 0.15) is 30.0 Å². The van der Waals surface area contributed by atoms with Crippen LogP contribution in [0.25, 0.3) is 0 Å². The summed E-state index contributed by atoms with van der Waals surface area (Å²) in [5.41, 5.74) is 3.40. The SMILES string of the molecule is CCCNCc1cc(Cl)ccc1Oc1cc(C)ccc1C. The molecule has 0 aromatic heterocycles. The van der Waals surface area contributed by atoms with Gasteiger partial charge in [-0.2, -0.15) is 0 Å². The number of hydrogen-bond acceptors (Lipinski definition) is 2. The number of rotatable bonds is 6. The van der Waals surface area contributed by atoms with E-state index in [1.54, 1.807) is 0 Å². The van der Waals surface area contributed by atoms with E-state index in [9.17, 15) is 0 Å². The minimum Gasteiger partial charge on any atom is -0.457 e. The van der Waals surface area contributed by atoms with Crippen molar-refractivity contribution in [3.05, 3.63) is 58.1 Å². The van der Waals surface area contributed by atoms with Gasteiger partial charge in [0.1, 0.15) is 11.5 Å². The first-order valence-corrected chi connectivity index (χ1v) is 7.72. The number of nitrogens with one attached hydrogen (secondary N) is 1. The maximum atomic E-state index is 6.11. The fourth-order valence-electron chi connectivity index (χ4n) is 2.12. The molecule has 2 nitrogen and oxygen atoms in total. The Kier molecular flexibility index (Phi) is 5.66. The quantitative estimate of drug-likeness (QED) is 0.736. The van der Waals surface area contributed by atoms with E-state index in [1.165, 1.54) is 5.56 Å². The van der Waals surface area contributed by atoms with Crippen LogP contribution >= 0.6 is 11.6 Å². The molecule has 0 aliphatic rings. The Labute approximate surface area is 132 Å². The van der Waals surface area contributed by atoms with Gasteiger partial charge in [-0.05, 0) is 62.2 Å². The van der Waals surface area contributed by atoms with Crippen LogP contribution in [-0.4, -0.2) is 6.54 Å². The maximum Gasteiger partial charge on any atom is 0.132 e. The Morgan fingerprint density at radius 2 is 1.86 bits per heavy atom. The summed E-state index contributed by atoms with van der Waals surface area (Å²) in [7, 11) is 0. The highest BCUT2D eigenvalue weighted by Gasteiger charge is 2.08. The zero-order chi connectivity index (χ0) is 15.2. The monoisotopic (exact) mass is 303 g/mol. The molecule has 0 fully saturated rings. The van der Waals surface area contributed by atoms with Gasteiger partial charge in [0.05, 0.1) is 0 Å². The average Bonchev–Trinajstić information content (AvgIpc) is 2.46. The van der Waals surface area contributed by atoms with E-state index in [0.29, 0.717) is 0 Å². The van der Waals surface area contributed by atoms with Gasteiger partial charge in [0.15, 0.2) is 0 Å². The summed E-state index contributed by atoms with van der Waals surface area (Å²) in [4.78, 5) is 0. The molecule has 2 aromatic rings. The highest BCUT2D eigenvalue weighted by atomic mass is 35.5. The minimum absolute atomic E-state index is 0.733. The van der Waals surface area contributed by atoms with Gasteiger partial charge in [0.2, 0.25) is 0 Å². The summed E-state index contributed by atoms with van der Waals surface area (Å²) in [5, 5.41) is 4.13. The van der Waals surface area contributed by atoms with Crippen LogP contribution in [0.4, 0.5) is 0 Å². The molecule has 3 heteroatoms. The number of halogens is 1. The first-order valence-electron chi connectivity index (χ1n) is 7.34. The van der Waals surface area contributed by atoms with Gasteiger partial charge >= 0.3 is 0 Å². The third-order valence-electron chi connectivity index (χ3n) is 3.33. The van der Waals surface area contributed by atoms with Crippen molar-refractivity contribution < 1.29 is 4.74 Å². The summed E-state index contributed by atoms with van der Waals surface area (Å²) in [5.74, 6) is 1.76. The Balaban J connectivity index is 2.24. The molecular weight excluding hydrogens is 282 g/mol. The van der Waals surface area contributed by atoms with Crippen molar-refractivity contribution >= 4 is 11.6 Å². The van der Waals surface area contributed by atoms with E-state index < -0.39 is 0 Å². The highest BCUT2D eigenvalue weighted by molar-refractivity contribution is 6.30. The molecule has 0 radical (unpaired) electrons. The fourth-order valence-corrected chi connectivity index (χ4v) is 2.32. The van der Waals surface area contributed by atoms with Crippen LogP contribution in [0.5, 0.6) is 11.5 Å². The fraction of sp³-hybridized carbons (Fsp3) is 0.333. The highest BCUT2D eigenvalue weighted by Crippen LogP contribution is 2.30. The molecule has 21 heavy (non-hydrogen) atoms. The summed E-state index contributed by atoms with van der Waals surface area (Å²) in [6, 6.07) is 12.0. The van der Waals surface area contributed by atoms with E-state index in [1.807, 2.05) is 18.2 Å². The molecule has 0 spiro atoms. The van der Waals surface area contributed by atoms with E-state index in [4.69, 9.17) is 16.3 Å². The first kappa shape index (κ1) is 15.9. The zero-order valence-electron chi connectivity index (χ0n) is 12.9. The van der Waals surface area contributed by atoms with Crippen molar-refractivity contribution in [2.75, 3.05) is 6.54 Å². The van der Waals surface area contributed by atoms with Gasteiger partial charge in [-0.15, -0.1) is 0 Å². The smallest absolute Gasteiger partial charge is 0.132 e. The van der Waals surface area contributed by atoms with E-state index in [2.05, 4.69) is 44.3 Å². The van der Waals surface area contributed by atoms with E-state index in [-0.39, 0.29) is 0 Å². The van der Waals surface area contributed by atoms with E-state index in [0.717, 1.165) is 47.2 Å². The topological polar surface area (TPSA) is 21.3 Å². The van der Waals surface area contributed by atoms with Crippen LogP contribution < -0.4 is 10.1 Å². The van der Waals surface area contributed by atoms with Crippen LogP contribution in [-0.2, 0) is 6.54 Å². The van der Waals surface area contributed by atoms with Crippen molar-refractivity contribution in [1.82, 2.24) is 5.32 Å². The summed E-state index contributed by atoms with van der Waals surface area (Å²) >= 11 is 6.11. The molecule has 1 N–H and O–H groups in total. The minimum atomic E-state index is 0.733. The molecule has 2 aromatic carbocycles. The second-order valence-electron chi connectivity index (χ2n) is 5.30. The molecule has 0 heterocycles. The maximum absolute atomic E-state index is 6.11. The first-order chi connectivity index (χ1) is 10.1. The van der Waals surface area contributed by atoms with Crippen molar-refractivity contribution in [1.29, 1.82) is 0 Å². The lowest BCUT2D eigenvalue weighted by Gasteiger charge is -2.14. The van der Waals surface area contributed by atoms with Crippen molar-refractivity contribution in [2.45, 2.75) is 33.7 Å². The van der Waals surface area contributed by atoms with E-state index >= 15 is 0 Å². The van der Waals surface area contributed by atoms with Crippen molar-refractivity contribution in [3.8, 4) is 11.5 Å². The van der Waals surface area contributed by atoms with Gasteiger partial charge in [0, 0.05) is 17.1 Å². The Bertz CT molecular complexity index is 610. The molecule has 0 aliphatic heterocycles. The van der Waals surface area contributed by atoms with Gasteiger partial charge in [-0.3, -0.25) is 0 Å². The molecule has 0 saturated carbocycles. The number of benzene rings is 2. The van der Waals surface area contributed by atoms with Gasteiger partial charge in [-0.25, -0.2) is 0 Å². The molecule has 0 unspecified atom stereocenters. The predicted octanol–water partition coefficient (Wildman–Crippen LogP) is 5.25. The van der Waals surface area contributed by atoms with Gasteiger partial charge in [-0.1, -0.05) is 30.7 Å². The average molecular weight is 304 g/mol. The van der Waals surface area contributed by atoms with Gasteiger partial charge in [0.25, 0.3) is 0 Å². The van der Waals surface area contributed by atoms with Crippen LogP contribution in [0.3, 0.4) is 0 Å². The van der Waals surface area contributed by atoms with Crippen LogP contribution in [0, 0.1) is 13.8 Å². The molecule has 112 valence electrons. The number of hydrogen-bond donors (Lipinski definition) is 1. The Morgan fingerprint density at radius 3 is 2.62 bits per heavy atom. The summed E-state index contributed by atoms with van der Waals surface area (Å²) in [6.07, 6.45) is 1.10. The van der Waals surface area contributed by atoms with Crippen molar-refractivity contribution in [3.63, 3.8) is 0 Å². The molecule has 0 saturated heterocycles. The van der Waals surface area contributed by atoms with Crippen molar-refractivity contribution in [2.24, 2.45) is 0 Å². The standard InChI is InChI=1S/C18H22ClNO/c1-4-9-20-12-15-11-16(19)7-8-17(15)21-18-10-13(2)5-6-14(18)3/h5-8,10-11,20H,4,9,12H2,1-3H3. The lowest BCUT2D eigenvalue weighted by Crippen LogP contribution is -2.14. The Hall–Kier alpha value is -1.51. The second kappa shape index (κ2) is 7.48. The molecule has 0 atom stereocenters. The molecular formula is C18H22ClNO. The molecule has 0 bridgehead atoms. The normalized spacial score (nSPS) is 10.7. The second-order valence-corrected chi connectivity index (χ2v) is 5.74. The summed E-state index contributed by atoms with van der Waals surface area (Å²) < 4.78 is 6.11. The third-order valence-corrected chi connectivity index (χ3v) is 3.56. The van der Waals surface area contributed by atoms with Crippen LogP contribution in [0.2, 0.25) is 5.02 Å². The number of ether oxygens (including phenoxy) is 1. The molecule has 0 aliphatic carbocycles. The Morgan fingerprint density at radius 1 is 1.05 bits per heavy atom. The lowest BCUT2D eigenvalue weighted by atomic mass is 10.1. The lowest BCUT2D eigenvalue weighted by molar-refractivity contribution is 0.469. The summed E-state index contributed by atoms with van der Waals surface area (Å²) in [6.45, 7) is 8.01. The third kappa shape index (κ3) is 4.48. The van der Waals surface area contributed by atoms with Crippen LogP contribution in [0.15, 0.2) is 36.4 Å².